The van der Waals surface area contributed by atoms with Crippen LogP contribution in [0, 0.1) is 10.1 Å². The number of hydrogen-bond acceptors (Lipinski definition) is 5. The Labute approximate surface area is 188 Å². The lowest BCUT2D eigenvalue weighted by Crippen LogP contribution is -2.41. The number of aliphatic imine (C=N–C) groups is 1. The highest BCUT2D eigenvalue weighted by Crippen LogP contribution is 2.17. The minimum atomic E-state index is -0.491. The second-order valence-corrected chi connectivity index (χ2v) is 7.39. The minimum Gasteiger partial charge on any atom is -0.295 e. The van der Waals surface area contributed by atoms with Crippen LogP contribution < -0.4 is 11.2 Å². The van der Waals surface area contributed by atoms with E-state index >= 15 is 0 Å². The molecular formula is C25H20N4O4. The van der Waals surface area contributed by atoms with E-state index in [-0.39, 0.29) is 17.8 Å². The topological polar surface area (TPSA) is 99.5 Å². The van der Waals surface area contributed by atoms with Gasteiger partial charge in [-0.1, -0.05) is 60.7 Å². The molecule has 164 valence electrons. The lowest BCUT2D eigenvalue weighted by Gasteiger charge is -2.12. The number of rotatable bonds is 7. The zero-order valence-electron chi connectivity index (χ0n) is 17.6. The first-order valence-electron chi connectivity index (χ1n) is 10.2. The van der Waals surface area contributed by atoms with E-state index in [2.05, 4.69) is 4.99 Å². The molecule has 1 aromatic heterocycles. The minimum absolute atomic E-state index is 0.0458. The average molecular weight is 440 g/mol. The molecule has 0 N–H and O–H groups in total. The van der Waals surface area contributed by atoms with Gasteiger partial charge in [-0.15, -0.1) is 0 Å². The van der Waals surface area contributed by atoms with E-state index in [9.17, 15) is 19.7 Å². The summed E-state index contributed by atoms with van der Waals surface area (Å²) < 4.78 is 2.67. The fraction of sp³-hybridized carbons (Fsp3) is 0.0800. The molecule has 3 aromatic carbocycles. The fourth-order valence-electron chi connectivity index (χ4n) is 3.37. The molecule has 0 unspecified atom stereocenters. The fourth-order valence-corrected chi connectivity index (χ4v) is 3.37. The Bertz CT molecular complexity index is 1410. The first-order valence-corrected chi connectivity index (χ1v) is 10.2. The van der Waals surface area contributed by atoms with Crippen molar-refractivity contribution in [1.29, 1.82) is 0 Å². The molecule has 0 saturated carbocycles. The van der Waals surface area contributed by atoms with Gasteiger partial charge in [0.25, 0.3) is 11.2 Å². The van der Waals surface area contributed by atoms with E-state index in [0.717, 1.165) is 11.1 Å². The Morgan fingerprint density at radius 2 is 1.39 bits per heavy atom. The summed E-state index contributed by atoms with van der Waals surface area (Å²) in [5.74, 6) is 0. The number of nitro benzene ring substituents is 1. The predicted molar refractivity (Wildman–Crippen MR) is 126 cm³/mol. The molecule has 4 aromatic rings. The Hall–Kier alpha value is -4.59. The normalized spacial score (nSPS) is 11.0. The van der Waals surface area contributed by atoms with Crippen molar-refractivity contribution in [2.45, 2.75) is 13.1 Å². The second-order valence-electron chi connectivity index (χ2n) is 7.39. The van der Waals surface area contributed by atoms with E-state index in [4.69, 9.17) is 0 Å². The molecule has 0 amide bonds. The molecule has 8 heteroatoms. The predicted octanol–water partition coefficient (Wildman–Crippen LogP) is 3.77. The highest BCUT2D eigenvalue weighted by Gasteiger charge is 2.12. The zero-order chi connectivity index (χ0) is 23.2. The number of hydrogen-bond donors (Lipinski definition) is 0. The van der Waals surface area contributed by atoms with Crippen molar-refractivity contribution in [1.82, 2.24) is 9.13 Å². The Morgan fingerprint density at radius 3 is 1.97 bits per heavy atom. The first kappa shape index (κ1) is 21.6. The molecule has 0 atom stereocenters. The second kappa shape index (κ2) is 9.69. The molecule has 1 heterocycles. The SMILES string of the molecule is O=c1c(C=Nc2ccc([N+](=O)[O-])cc2)cn(Cc2ccccc2)c(=O)n1Cc1ccccc1. The maximum absolute atomic E-state index is 13.1. The molecule has 0 fully saturated rings. The van der Waals surface area contributed by atoms with Crippen LogP contribution in [0.25, 0.3) is 0 Å². The van der Waals surface area contributed by atoms with Gasteiger partial charge in [-0.3, -0.25) is 29.0 Å². The van der Waals surface area contributed by atoms with E-state index in [1.807, 2.05) is 60.7 Å². The Kier molecular flexibility index (Phi) is 6.36. The van der Waals surface area contributed by atoms with Gasteiger partial charge >= 0.3 is 5.69 Å². The van der Waals surface area contributed by atoms with Crippen molar-refractivity contribution >= 4 is 17.6 Å². The van der Waals surface area contributed by atoms with Crippen LogP contribution >= 0.6 is 0 Å². The van der Waals surface area contributed by atoms with Crippen LogP contribution in [0.1, 0.15) is 16.7 Å². The monoisotopic (exact) mass is 440 g/mol. The van der Waals surface area contributed by atoms with Gasteiger partial charge in [0.2, 0.25) is 0 Å². The van der Waals surface area contributed by atoms with Crippen LogP contribution in [-0.2, 0) is 13.1 Å². The van der Waals surface area contributed by atoms with Crippen LogP contribution in [0.15, 0.2) is 106 Å². The van der Waals surface area contributed by atoms with Crippen molar-refractivity contribution in [2.75, 3.05) is 0 Å². The van der Waals surface area contributed by atoms with Crippen LogP contribution in [0.2, 0.25) is 0 Å². The van der Waals surface area contributed by atoms with Crippen LogP contribution in [0.4, 0.5) is 11.4 Å². The van der Waals surface area contributed by atoms with E-state index < -0.39 is 16.2 Å². The molecule has 0 saturated heterocycles. The molecule has 0 spiro atoms. The van der Waals surface area contributed by atoms with Gasteiger partial charge < -0.3 is 0 Å². The highest BCUT2D eigenvalue weighted by molar-refractivity contribution is 5.81. The van der Waals surface area contributed by atoms with Gasteiger partial charge in [0.15, 0.2) is 0 Å². The van der Waals surface area contributed by atoms with Gasteiger partial charge in [-0.05, 0) is 23.3 Å². The van der Waals surface area contributed by atoms with Crippen molar-refractivity contribution in [2.24, 2.45) is 4.99 Å². The molecule has 4 rings (SSSR count). The molecule has 0 aliphatic rings. The summed E-state index contributed by atoms with van der Waals surface area (Å²) in [5.41, 5.74) is 1.51. The summed E-state index contributed by atoms with van der Waals surface area (Å²) >= 11 is 0. The molecule has 0 aliphatic carbocycles. The average Bonchev–Trinajstić information content (AvgIpc) is 2.84. The van der Waals surface area contributed by atoms with Crippen molar-refractivity contribution in [3.8, 4) is 0 Å². The van der Waals surface area contributed by atoms with Gasteiger partial charge in [0.05, 0.1) is 29.3 Å². The van der Waals surface area contributed by atoms with Crippen molar-refractivity contribution in [3.63, 3.8) is 0 Å². The maximum atomic E-state index is 13.1. The summed E-state index contributed by atoms with van der Waals surface area (Å²) in [4.78, 5) is 40.9. The number of nitrogens with zero attached hydrogens (tertiary/aromatic N) is 4. The third kappa shape index (κ3) is 5.19. The summed E-state index contributed by atoms with van der Waals surface area (Å²) in [6.45, 7) is 0.430. The standard InChI is InChI=1S/C25H20N4O4/c30-24-21(15-26-22-11-13-23(14-12-22)29(32)33)18-27(16-19-7-3-1-4-8-19)25(31)28(24)17-20-9-5-2-6-10-20/h1-15,18H,16-17H2. The summed E-state index contributed by atoms with van der Waals surface area (Å²) in [6.07, 6.45) is 2.87. The Morgan fingerprint density at radius 1 is 0.818 bits per heavy atom. The highest BCUT2D eigenvalue weighted by atomic mass is 16.6. The maximum Gasteiger partial charge on any atom is 0.331 e. The van der Waals surface area contributed by atoms with Gasteiger partial charge in [-0.25, -0.2) is 4.79 Å². The number of nitro groups is 1. The smallest absolute Gasteiger partial charge is 0.295 e. The van der Waals surface area contributed by atoms with Crippen LogP contribution in [0.3, 0.4) is 0 Å². The third-order valence-electron chi connectivity index (χ3n) is 5.06. The van der Waals surface area contributed by atoms with Crippen molar-refractivity contribution < 1.29 is 4.92 Å². The summed E-state index contributed by atoms with van der Waals surface area (Å²) in [5, 5.41) is 10.8. The summed E-state index contributed by atoms with van der Waals surface area (Å²) in [6, 6.07) is 24.4. The molecule has 8 nitrogen and oxygen atoms in total. The molecule has 33 heavy (non-hydrogen) atoms. The van der Waals surface area contributed by atoms with Crippen molar-refractivity contribution in [3.05, 3.63) is 139 Å². The number of benzene rings is 3. The molecule has 0 radical (unpaired) electrons. The lowest BCUT2D eigenvalue weighted by molar-refractivity contribution is -0.384. The van der Waals surface area contributed by atoms with Crippen LogP contribution in [-0.4, -0.2) is 20.3 Å². The van der Waals surface area contributed by atoms with Crippen LogP contribution in [0.5, 0.6) is 0 Å². The number of non-ortho nitro benzene ring substituents is 1. The van der Waals surface area contributed by atoms with Gasteiger partial charge in [0.1, 0.15) is 0 Å². The third-order valence-corrected chi connectivity index (χ3v) is 5.06. The van der Waals surface area contributed by atoms with Gasteiger partial charge in [0, 0.05) is 24.5 Å². The lowest BCUT2D eigenvalue weighted by atomic mass is 10.2. The molecule has 0 bridgehead atoms. The largest absolute Gasteiger partial charge is 0.331 e. The van der Waals surface area contributed by atoms with E-state index in [1.54, 1.807) is 0 Å². The molecule has 0 aliphatic heterocycles. The first-order chi connectivity index (χ1) is 16.0. The van der Waals surface area contributed by atoms with E-state index in [0.29, 0.717) is 12.2 Å². The zero-order valence-corrected chi connectivity index (χ0v) is 17.6. The molecular weight excluding hydrogens is 420 g/mol. The van der Waals surface area contributed by atoms with E-state index in [1.165, 1.54) is 45.8 Å². The Balaban J connectivity index is 1.75. The number of aromatic nitrogens is 2. The quantitative estimate of drug-likeness (QED) is 0.248. The summed E-state index contributed by atoms with van der Waals surface area (Å²) in [7, 11) is 0. The van der Waals surface area contributed by atoms with Gasteiger partial charge in [-0.2, -0.15) is 0 Å².